The Labute approximate surface area is 283 Å². The summed E-state index contributed by atoms with van der Waals surface area (Å²) in [6.07, 6.45) is 7.78. The van der Waals surface area contributed by atoms with Gasteiger partial charge in [0.25, 0.3) is 0 Å². The van der Waals surface area contributed by atoms with E-state index in [0.717, 1.165) is 44.5 Å². The number of hydrogen-bond acceptors (Lipinski definition) is 4. The van der Waals surface area contributed by atoms with Crippen molar-refractivity contribution in [3.05, 3.63) is 181 Å². The summed E-state index contributed by atoms with van der Waals surface area (Å²) in [6, 6.07) is 50.9. The summed E-state index contributed by atoms with van der Waals surface area (Å²) < 4.78 is 0. The molecule has 49 heavy (non-hydrogen) atoms. The Morgan fingerprint density at radius 1 is 0.490 bits per heavy atom. The van der Waals surface area contributed by atoms with E-state index in [0.29, 0.717) is 11.4 Å². The van der Waals surface area contributed by atoms with Crippen LogP contribution in [0.1, 0.15) is 11.1 Å². The van der Waals surface area contributed by atoms with Gasteiger partial charge in [-0.25, -0.2) is 0 Å². The SMILES string of the molecule is N=C1C(c2ccc3c(ccc4ccccc43)c2)=CC(c2ccc3c(ccc4ccccc43)c2)=C/C1=N/Nc1ccc(-c2cccnc2)cc1. The molecule has 9 rings (SSSR count). The van der Waals surface area contributed by atoms with E-state index in [-0.39, 0.29) is 0 Å². The minimum Gasteiger partial charge on any atom is -0.298 e. The summed E-state index contributed by atoms with van der Waals surface area (Å²) >= 11 is 0. The van der Waals surface area contributed by atoms with Crippen molar-refractivity contribution < 1.29 is 0 Å². The van der Waals surface area contributed by atoms with E-state index in [1.54, 1.807) is 6.20 Å². The Morgan fingerprint density at radius 3 is 1.76 bits per heavy atom. The lowest BCUT2D eigenvalue weighted by atomic mass is 9.86. The highest BCUT2D eigenvalue weighted by Gasteiger charge is 2.21. The number of hydrogen-bond donors (Lipinski definition) is 2. The van der Waals surface area contributed by atoms with Crippen molar-refractivity contribution in [2.24, 2.45) is 5.10 Å². The second-order valence-electron chi connectivity index (χ2n) is 12.4. The van der Waals surface area contributed by atoms with Gasteiger partial charge < -0.3 is 0 Å². The number of anilines is 1. The summed E-state index contributed by atoms with van der Waals surface area (Å²) in [6.45, 7) is 0. The fourth-order valence-corrected chi connectivity index (χ4v) is 6.88. The molecule has 4 nitrogen and oxygen atoms in total. The topological polar surface area (TPSA) is 61.1 Å². The maximum atomic E-state index is 9.38. The van der Waals surface area contributed by atoms with Crippen molar-refractivity contribution in [2.45, 2.75) is 0 Å². The summed E-state index contributed by atoms with van der Waals surface area (Å²) in [5.41, 5.74) is 11.0. The van der Waals surface area contributed by atoms with Crippen LogP contribution in [-0.4, -0.2) is 16.4 Å². The van der Waals surface area contributed by atoms with Gasteiger partial charge in [-0.05, 0) is 113 Å². The first-order valence-corrected chi connectivity index (χ1v) is 16.4. The fourth-order valence-electron chi connectivity index (χ4n) is 6.88. The number of benzene rings is 7. The summed E-state index contributed by atoms with van der Waals surface area (Å²) in [4.78, 5) is 4.24. The van der Waals surface area contributed by atoms with Crippen molar-refractivity contribution >= 4 is 71.3 Å². The number of rotatable bonds is 5. The van der Waals surface area contributed by atoms with Crippen molar-refractivity contribution in [2.75, 3.05) is 5.43 Å². The van der Waals surface area contributed by atoms with Gasteiger partial charge in [0.1, 0.15) is 5.71 Å². The molecule has 1 aliphatic rings. The van der Waals surface area contributed by atoms with E-state index in [1.807, 2.05) is 36.5 Å². The van der Waals surface area contributed by atoms with Crippen LogP contribution < -0.4 is 5.43 Å². The van der Waals surface area contributed by atoms with Crippen LogP contribution in [0, 0.1) is 5.41 Å². The lowest BCUT2D eigenvalue weighted by Gasteiger charge is -2.19. The quantitative estimate of drug-likeness (QED) is 0.113. The predicted molar refractivity (Wildman–Crippen MR) is 207 cm³/mol. The number of hydrazone groups is 1. The number of fused-ring (bicyclic) bond motifs is 6. The molecule has 0 amide bonds. The van der Waals surface area contributed by atoms with Crippen LogP contribution in [-0.2, 0) is 0 Å². The zero-order valence-corrected chi connectivity index (χ0v) is 26.6. The lowest BCUT2D eigenvalue weighted by molar-refractivity contribution is 1.32. The zero-order chi connectivity index (χ0) is 32.7. The van der Waals surface area contributed by atoms with Crippen molar-refractivity contribution in [3.8, 4) is 11.1 Å². The third-order valence-electron chi connectivity index (χ3n) is 9.44. The van der Waals surface area contributed by atoms with Crippen LogP contribution in [0.5, 0.6) is 0 Å². The second kappa shape index (κ2) is 11.9. The minimum atomic E-state index is 0.371. The normalized spacial score (nSPS) is 14.0. The molecule has 1 aromatic heterocycles. The molecule has 2 N–H and O–H groups in total. The van der Waals surface area contributed by atoms with Crippen LogP contribution in [0.2, 0.25) is 0 Å². The van der Waals surface area contributed by atoms with E-state index in [1.165, 1.54) is 37.7 Å². The molecule has 0 fully saturated rings. The molecule has 0 radical (unpaired) electrons. The molecule has 1 heterocycles. The first-order valence-electron chi connectivity index (χ1n) is 16.4. The highest BCUT2D eigenvalue weighted by atomic mass is 15.3. The summed E-state index contributed by atoms with van der Waals surface area (Å²) in [5.74, 6) is 0. The number of nitrogens with one attached hydrogen (secondary N) is 2. The van der Waals surface area contributed by atoms with E-state index in [9.17, 15) is 5.41 Å². The van der Waals surface area contributed by atoms with Crippen molar-refractivity contribution in [1.29, 1.82) is 5.41 Å². The smallest absolute Gasteiger partial charge is 0.109 e. The largest absolute Gasteiger partial charge is 0.298 e. The molecule has 7 aromatic carbocycles. The summed E-state index contributed by atoms with van der Waals surface area (Å²) in [7, 11) is 0. The molecule has 0 atom stereocenters. The molecule has 0 spiro atoms. The fraction of sp³-hybridized carbons (Fsp3) is 0. The van der Waals surface area contributed by atoms with Crippen molar-refractivity contribution in [1.82, 2.24) is 4.98 Å². The molecule has 0 unspecified atom stereocenters. The van der Waals surface area contributed by atoms with Crippen LogP contribution in [0.25, 0.3) is 65.4 Å². The Kier molecular flexibility index (Phi) is 6.91. The highest BCUT2D eigenvalue weighted by molar-refractivity contribution is 6.62. The number of allylic oxidation sites excluding steroid dienone is 4. The molecule has 0 aliphatic heterocycles. The standard InChI is InChI=1S/C45H30N4/c46-45-43(35-18-22-42-34(25-35)14-12-31-7-2-4-10-40(31)42)26-37(32-17-21-41-33(24-32)13-11-30-6-1-3-9-39(30)41)27-44(45)49-48-38-19-15-29(16-20-38)36-8-5-23-47-28-36/h1-28,46,48H/b46-45?,49-44-. The van der Waals surface area contributed by atoms with Gasteiger partial charge in [0.2, 0.25) is 0 Å². The molecular weight excluding hydrogens is 597 g/mol. The van der Waals surface area contributed by atoms with E-state index in [4.69, 9.17) is 5.10 Å². The zero-order valence-electron chi connectivity index (χ0n) is 26.6. The molecule has 0 saturated heterocycles. The third-order valence-corrected chi connectivity index (χ3v) is 9.44. The molecule has 0 saturated carbocycles. The van der Waals surface area contributed by atoms with Crippen LogP contribution >= 0.6 is 0 Å². The first-order chi connectivity index (χ1) is 24.2. The maximum Gasteiger partial charge on any atom is 0.109 e. The van der Waals surface area contributed by atoms with Crippen LogP contribution in [0.15, 0.2) is 175 Å². The van der Waals surface area contributed by atoms with Gasteiger partial charge in [0, 0.05) is 18.0 Å². The Balaban J connectivity index is 1.13. The molecule has 0 bridgehead atoms. The Bertz CT molecular complexity index is 2680. The number of aromatic nitrogens is 1. The van der Waals surface area contributed by atoms with Crippen LogP contribution in [0.4, 0.5) is 5.69 Å². The van der Waals surface area contributed by atoms with Crippen LogP contribution in [0.3, 0.4) is 0 Å². The number of nitrogens with zero attached hydrogens (tertiary/aromatic N) is 2. The minimum absolute atomic E-state index is 0.371. The third kappa shape index (κ3) is 5.26. The van der Waals surface area contributed by atoms with Gasteiger partial charge in [-0.3, -0.25) is 15.8 Å². The average Bonchev–Trinajstić information content (AvgIpc) is 3.17. The van der Waals surface area contributed by atoms with Gasteiger partial charge in [-0.2, -0.15) is 5.10 Å². The maximum absolute atomic E-state index is 9.38. The highest BCUT2D eigenvalue weighted by Crippen LogP contribution is 2.34. The second-order valence-corrected chi connectivity index (χ2v) is 12.4. The monoisotopic (exact) mass is 626 g/mol. The van der Waals surface area contributed by atoms with Crippen molar-refractivity contribution in [3.63, 3.8) is 0 Å². The van der Waals surface area contributed by atoms with Gasteiger partial charge in [-0.1, -0.05) is 115 Å². The van der Waals surface area contributed by atoms with Gasteiger partial charge in [-0.15, -0.1) is 0 Å². The Morgan fingerprint density at radius 2 is 1.08 bits per heavy atom. The molecular formula is C45H30N4. The van der Waals surface area contributed by atoms with Gasteiger partial charge in [0.15, 0.2) is 0 Å². The van der Waals surface area contributed by atoms with Gasteiger partial charge >= 0.3 is 0 Å². The first kappa shape index (κ1) is 28.6. The molecule has 4 heteroatoms. The molecule has 8 aromatic rings. The average molecular weight is 627 g/mol. The Hall–Kier alpha value is -6.65. The van der Waals surface area contributed by atoms with E-state index in [2.05, 4.69) is 138 Å². The predicted octanol–water partition coefficient (Wildman–Crippen LogP) is 11.3. The van der Waals surface area contributed by atoms with Gasteiger partial charge in [0.05, 0.1) is 11.4 Å². The molecule has 230 valence electrons. The number of pyridine rings is 1. The summed E-state index contributed by atoms with van der Waals surface area (Å²) in [5, 5.41) is 23.8. The lowest BCUT2D eigenvalue weighted by Crippen LogP contribution is -2.18. The molecule has 1 aliphatic carbocycles. The van der Waals surface area contributed by atoms with E-state index < -0.39 is 0 Å². The van der Waals surface area contributed by atoms with E-state index >= 15 is 0 Å².